The molecule has 1 rings (SSSR count). The molecule has 0 aromatic heterocycles. The number of aliphatic hydroxyl groups is 1. The summed E-state index contributed by atoms with van der Waals surface area (Å²) < 4.78 is 5.15. The maximum absolute atomic E-state index is 11.3. The molecule has 0 heterocycles. The number of ether oxygens (including phenoxy) is 1. The van der Waals surface area contributed by atoms with Gasteiger partial charge in [0.05, 0.1) is 13.7 Å². The Morgan fingerprint density at radius 1 is 1.53 bits per heavy atom. The molecule has 0 radical (unpaired) electrons. The first-order valence-corrected chi connectivity index (χ1v) is 5.43. The van der Waals surface area contributed by atoms with Crippen molar-refractivity contribution < 1.29 is 19.7 Å². The molecule has 1 aromatic rings. The van der Waals surface area contributed by atoms with Crippen molar-refractivity contribution in [2.24, 2.45) is 0 Å². The first-order valence-electron chi connectivity index (χ1n) is 5.05. The quantitative estimate of drug-likeness (QED) is 0.867. The van der Waals surface area contributed by atoms with Gasteiger partial charge in [0.25, 0.3) is 0 Å². The molecule has 0 aliphatic rings. The van der Waals surface area contributed by atoms with E-state index in [1.807, 2.05) is 0 Å². The number of methoxy groups -OCH3 is 1. The monoisotopic (exact) mass is 258 g/mol. The molecule has 5 heteroatoms. The minimum atomic E-state index is -1.43. The Hall–Kier alpha value is -1.26. The van der Waals surface area contributed by atoms with E-state index in [0.29, 0.717) is 16.3 Å². The molecular weight excluding hydrogens is 244 g/mol. The molecule has 94 valence electrons. The van der Waals surface area contributed by atoms with Gasteiger partial charge in [-0.15, -0.1) is 0 Å². The van der Waals surface area contributed by atoms with Gasteiger partial charge in [-0.2, -0.15) is 0 Å². The second-order valence-electron chi connectivity index (χ2n) is 4.10. The van der Waals surface area contributed by atoms with Crippen LogP contribution < -0.4 is 4.74 Å². The lowest BCUT2D eigenvalue weighted by Crippen LogP contribution is -2.36. The molecule has 17 heavy (non-hydrogen) atoms. The van der Waals surface area contributed by atoms with Crippen LogP contribution >= 0.6 is 11.6 Å². The molecule has 0 amide bonds. The van der Waals surface area contributed by atoms with Crippen molar-refractivity contribution >= 4 is 17.6 Å². The summed E-state index contributed by atoms with van der Waals surface area (Å²) in [7, 11) is 1.45. The summed E-state index contributed by atoms with van der Waals surface area (Å²) in [4.78, 5) is 11.3. The fourth-order valence-corrected chi connectivity index (χ4v) is 1.69. The topological polar surface area (TPSA) is 66.8 Å². The van der Waals surface area contributed by atoms with Gasteiger partial charge in [0.1, 0.15) is 11.2 Å². The standard InChI is InChI=1S/C12H15ClO4/c1-7-4-10(17-3)8(5-9(7)13)12(2,6-14)11(15)16/h4-5,14H,6H2,1-3H3,(H,15,16). The highest BCUT2D eigenvalue weighted by atomic mass is 35.5. The van der Waals surface area contributed by atoms with Gasteiger partial charge >= 0.3 is 5.97 Å². The molecule has 1 aromatic carbocycles. The maximum Gasteiger partial charge on any atom is 0.316 e. The maximum atomic E-state index is 11.3. The van der Waals surface area contributed by atoms with Crippen LogP contribution in [0.3, 0.4) is 0 Å². The number of rotatable bonds is 4. The van der Waals surface area contributed by atoms with E-state index in [1.54, 1.807) is 13.0 Å². The molecular formula is C12H15ClO4. The highest BCUT2D eigenvalue weighted by molar-refractivity contribution is 6.31. The van der Waals surface area contributed by atoms with E-state index in [0.717, 1.165) is 5.56 Å². The van der Waals surface area contributed by atoms with Crippen LogP contribution in [0.4, 0.5) is 0 Å². The van der Waals surface area contributed by atoms with Crippen LogP contribution in [-0.4, -0.2) is 29.9 Å². The van der Waals surface area contributed by atoms with Gasteiger partial charge in [-0.1, -0.05) is 11.6 Å². The van der Waals surface area contributed by atoms with Gasteiger partial charge in [-0.25, -0.2) is 0 Å². The van der Waals surface area contributed by atoms with Crippen LogP contribution in [0.15, 0.2) is 12.1 Å². The zero-order chi connectivity index (χ0) is 13.2. The third-order valence-corrected chi connectivity index (χ3v) is 3.27. The van der Waals surface area contributed by atoms with E-state index in [1.165, 1.54) is 20.1 Å². The number of carbonyl (C=O) groups is 1. The Bertz CT molecular complexity index is 444. The molecule has 0 aliphatic heterocycles. The lowest BCUT2D eigenvalue weighted by atomic mass is 9.82. The van der Waals surface area contributed by atoms with Crippen LogP contribution in [0, 0.1) is 6.92 Å². The van der Waals surface area contributed by atoms with Gasteiger partial charge in [0, 0.05) is 10.6 Å². The number of carboxylic acids is 1. The van der Waals surface area contributed by atoms with Gasteiger partial charge in [-0.05, 0) is 31.5 Å². The Kier molecular flexibility index (Phi) is 4.01. The van der Waals surface area contributed by atoms with Gasteiger partial charge < -0.3 is 14.9 Å². The van der Waals surface area contributed by atoms with Crippen molar-refractivity contribution in [3.63, 3.8) is 0 Å². The summed E-state index contributed by atoms with van der Waals surface area (Å²) >= 11 is 5.98. The molecule has 0 fully saturated rings. The highest BCUT2D eigenvalue weighted by Gasteiger charge is 2.37. The summed E-state index contributed by atoms with van der Waals surface area (Å²) in [6.07, 6.45) is 0. The summed E-state index contributed by atoms with van der Waals surface area (Å²) in [6.45, 7) is 2.70. The van der Waals surface area contributed by atoms with E-state index in [9.17, 15) is 15.0 Å². The third kappa shape index (κ3) is 2.37. The predicted octanol–water partition coefficient (Wildman–Crippen LogP) is 1.99. The first kappa shape index (κ1) is 13.8. The van der Waals surface area contributed by atoms with Gasteiger partial charge in [0.2, 0.25) is 0 Å². The van der Waals surface area contributed by atoms with Crippen LogP contribution in [-0.2, 0) is 10.2 Å². The number of hydrogen-bond acceptors (Lipinski definition) is 3. The van der Waals surface area contributed by atoms with Crippen LogP contribution in [0.1, 0.15) is 18.1 Å². The second kappa shape index (κ2) is 4.94. The van der Waals surface area contributed by atoms with Crippen molar-refractivity contribution in [1.29, 1.82) is 0 Å². The van der Waals surface area contributed by atoms with Crippen molar-refractivity contribution in [2.45, 2.75) is 19.3 Å². The largest absolute Gasteiger partial charge is 0.496 e. The number of aliphatic carboxylic acids is 1. The van der Waals surface area contributed by atoms with Crippen LogP contribution in [0.2, 0.25) is 5.02 Å². The Morgan fingerprint density at radius 3 is 2.53 bits per heavy atom. The summed E-state index contributed by atoms with van der Waals surface area (Å²) in [5.41, 5.74) is -0.272. The fraction of sp³-hybridized carbons (Fsp3) is 0.417. The minimum absolute atomic E-state index is 0.366. The molecule has 0 spiro atoms. The van der Waals surface area contributed by atoms with E-state index in [4.69, 9.17) is 16.3 Å². The van der Waals surface area contributed by atoms with Crippen molar-refractivity contribution in [2.75, 3.05) is 13.7 Å². The summed E-state index contributed by atoms with van der Waals surface area (Å²) in [6, 6.07) is 3.19. The zero-order valence-electron chi connectivity index (χ0n) is 9.95. The predicted molar refractivity (Wildman–Crippen MR) is 64.8 cm³/mol. The fourth-order valence-electron chi connectivity index (χ4n) is 1.52. The minimum Gasteiger partial charge on any atom is -0.496 e. The van der Waals surface area contributed by atoms with E-state index >= 15 is 0 Å². The lowest BCUT2D eigenvalue weighted by Gasteiger charge is -2.25. The van der Waals surface area contributed by atoms with Crippen molar-refractivity contribution in [1.82, 2.24) is 0 Å². The summed E-state index contributed by atoms with van der Waals surface area (Å²) in [5, 5.41) is 19.0. The molecule has 1 unspecified atom stereocenters. The zero-order valence-corrected chi connectivity index (χ0v) is 10.7. The number of aryl methyl sites for hydroxylation is 1. The first-order chi connectivity index (χ1) is 7.86. The van der Waals surface area contributed by atoms with Crippen molar-refractivity contribution in [3.8, 4) is 5.75 Å². The Labute approximate surface area is 105 Å². The third-order valence-electron chi connectivity index (χ3n) is 2.86. The van der Waals surface area contributed by atoms with Gasteiger partial charge in [-0.3, -0.25) is 4.79 Å². The molecule has 2 N–H and O–H groups in total. The average molecular weight is 259 g/mol. The highest BCUT2D eigenvalue weighted by Crippen LogP contribution is 2.35. The summed E-state index contributed by atoms with van der Waals surface area (Å²) in [5.74, 6) is -0.718. The van der Waals surface area contributed by atoms with Crippen molar-refractivity contribution in [3.05, 3.63) is 28.3 Å². The molecule has 4 nitrogen and oxygen atoms in total. The Balaban J connectivity index is 3.48. The number of carboxylic acid groups (broad SMARTS) is 1. The lowest BCUT2D eigenvalue weighted by molar-refractivity contribution is -0.144. The van der Waals surface area contributed by atoms with Gasteiger partial charge in [0.15, 0.2) is 0 Å². The average Bonchev–Trinajstić information content (AvgIpc) is 2.30. The number of benzene rings is 1. The molecule has 0 aliphatic carbocycles. The number of hydrogen-bond donors (Lipinski definition) is 2. The molecule has 0 saturated carbocycles. The molecule has 1 atom stereocenters. The van der Waals surface area contributed by atoms with Crippen LogP contribution in [0.25, 0.3) is 0 Å². The van der Waals surface area contributed by atoms with E-state index in [2.05, 4.69) is 0 Å². The Morgan fingerprint density at radius 2 is 2.12 bits per heavy atom. The number of aliphatic hydroxyl groups excluding tert-OH is 1. The number of halogens is 1. The normalized spacial score (nSPS) is 14.2. The molecule has 0 saturated heterocycles. The SMILES string of the molecule is COc1cc(C)c(Cl)cc1C(C)(CO)C(=O)O. The second-order valence-corrected chi connectivity index (χ2v) is 4.50. The van der Waals surface area contributed by atoms with E-state index < -0.39 is 18.0 Å². The van der Waals surface area contributed by atoms with Crippen LogP contribution in [0.5, 0.6) is 5.75 Å². The van der Waals surface area contributed by atoms with E-state index in [-0.39, 0.29) is 0 Å². The smallest absolute Gasteiger partial charge is 0.316 e. The molecule has 0 bridgehead atoms.